The van der Waals surface area contributed by atoms with E-state index in [-0.39, 0.29) is 6.61 Å². The van der Waals surface area contributed by atoms with Gasteiger partial charge in [-0.05, 0) is 50.3 Å². The van der Waals surface area contributed by atoms with Crippen molar-refractivity contribution in [2.75, 3.05) is 11.9 Å². The van der Waals surface area contributed by atoms with E-state index in [1.807, 2.05) is 19.1 Å². The monoisotopic (exact) mass is 399 g/mol. The molecule has 1 aromatic heterocycles. The summed E-state index contributed by atoms with van der Waals surface area (Å²) < 4.78 is 10.5. The molecule has 0 saturated heterocycles. The van der Waals surface area contributed by atoms with E-state index in [0.717, 1.165) is 40.8 Å². The Morgan fingerprint density at radius 3 is 2.93 bits per heavy atom. The quantitative estimate of drug-likeness (QED) is 0.797. The summed E-state index contributed by atoms with van der Waals surface area (Å²) in [6, 6.07) is 5.54. The Morgan fingerprint density at radius 2 is 2.14 bits per heavy atom. The molecular formula is C21H21NO5S. The first kappa shape index (κ1) is 18.7. The number of cyclic esters (lactones) is 1. The molecule has 1 unspecified atom stereocenters. The van der Waals surface area contributed by atoms with Gasteiger partial charge in [0, 0.05) is 11.3 Å². The maximum atomic E-state index is 12.8. The van der Waals surface area contributed by atoms with Gasteiger partial charge in [-0.25, -0.2) is 9.59 Å². The van der Waals surface area contributed by atoms with Gasteiger partial charge in [0.2, 0.25) is 0 Å². The summed E-state index contributed by atoms with van der Waals surface area (Å²) in [6.45, 7) is 3.93. The van der Waals surface area contributed by atoms with Crippen LogP contribution in [0, 0.1) is 6.92 Å². The molecule has 7 heteroatoms. The second-order valence-corrected chi connectivity index (χ2v) is 8.14. The Morgan fingerprint density at radius 1 is 1.32 bits per heavy atom. The van der Waals surface area contributed by atoms with Crippen molar-refractivity contribution in [1.29, 1.82) is 0 Å². The minimum absolute atomic E-state index is 0.271. The number of carbonyl (C=O) groups is 3. The Bertz CT molecular complexity index is 977. The van der Waals surface area contributed by atoms with Crippen molar-refractivity contribution in [3.8, 4) is 0 Å². The largest absolute Gasteiger partial charge is 0.462 e. The van der Waals surface area contributed by atoms with E-state index in [1.165, 1.54) is 11.3 Å². The summed E-state index contributed by atoms with van der Waals surface area (Å²) in [7, 11) is 0. The Labute approximate surface area is 166 Å². The number of fused-ring (bicyclic) bond motifs is 2. The van der Waals surface area contributed by atoms with Crippen LogP contribution < -0.4 is 5.32 Å². The second-order valence-electron chi connectivity index (χ2n) is 7.03. The number of hydrogen-bond donors (Lipinski definition) is 1. The van der Waals surface area contributed by atoms with Crippen molar-refractivity contribution in [2.24, 2.45) is 0 Å². The summed E-state index contributed by atoms with van der Waals surface area (Å²) in [5, 5.41) is 3.30. The van der Waals surface area contributed by atoms with Gasteiger partial charge in [0.05, 0.1) is 17.7 Å². The van der Waals surface area contributed by atoms with Gasteiger partial charge < -0.3 is 14.8 Å². The normalized spacial score (nSPS) is 17.5. The van der Waals surface area contributed by atoms with E-state index in [4.69, 9.17) is 9.47 Å². The smallest absolute Gasteiger partial charge is 0.341 e. The van der Waals surface area contributed by atoms with Crippen LogP contribution in [0.2, 0.25) is 0 Å². The minimum atomic E-state index is -0.922. The van der Waals surface area contributed by atoms with Crippen molar-refractivity contribution in [3.05, 3.63) is 50.9 Å². The van der Waals surface area contributed by atoms with Gasteiger partial charge in [-0.15, -0.1) is 11.3 Å². The molecule has 2 aromatic rings. The van der Waals surface area contributed by atoms with Crippen LogP contribution in [0.1, 0.15) is 55.6 Å². The highest BCUT2D eigenvalue weighted by Crippen LogP contribution is 2.39. The van der Waals surface area contributed by atoms with Crippen LogP contribution in [-0.2, 0) is 33.5 Å². The third-order valence-electron chi connectivity index (χ3n) is 5.07. The fourth-order valence-corrected chi connectivity index (χ4v) is 5.02. The van der Waals surface area contributed by atoms with Gasteiger partial charge in [-0.2, -0.15) is 0 Å². The van der Waals surface area contributed by atoms with Crippen molar-refractivity contribution in [3.63, 3.8) is 0 Å². The molecule has 0 saturated carbocycles. The van der Waals surface area contributed by atoms with Crippen LogP contribution >= 0.6 is 11.3 Å². The van der Waals surface area contributed by atoms with Gasteiger partial charge in [0.1, 0.15) is 5.00 Å². The van der Waals surface area contributed by atoms with E-state index in [2.05, 4.69) is 5.32 Å². The molecule has 1 aliphatic heterocycles. The zero-order chi connectivity index (χ0) is 19.8. The van der Waals surface area contributed by atoms with E-state index in [1.54, 1.807) is 13.0 Å². The highest BCUT2D eigenvalue weighted by atomic mass is 32.1. The van der Waals surface area contributed by atoms with Crippen LogP contribution in [0.4, 0.5) is 5.00 Å². The van der Waals surface area contributed by atoms with Crippen LogP contribution in [0.25, 0.3) is 0 Å². The van der Waals surface area contributed by atoms with Gasteiger partial charge in [-0.1, -0.05) is 17.7 Å². The Kier molecular flexibility index (Phi) is 4.93. The molecule has 0 fully saturated rings. The standard InChI is InChI=1S/C21H21NO5S/c1-3-26-21(25)17-13-5-4-6-16(13)28-19(17)22-18(23)15-10-12-8-7-11(2)9-14(12)20(24)27-15/h7-9,15H,3-6,10H2,1-2H3,(H,22,23). The molecule has 4 rings (SSSR count). The summed E-state index contributed by atoms with van der Waals surface area (Å²) in [5.41, 5.74) is 3.68. The number of ether oxygens (including phenoxy) is 2. The van der Waals surface area contributed by atoms with E-state index >= 15 is 0 Å². The number of benzene rings is 1. The summed E-state index contributed by atoms with van der Waals surface area (Å²) in [6.07, 6.45) is 2.09. The van der Waals surface area contributed by atoms with Crippen LogP contribution in [-0.4, -0.2) is 30.6 Å². The van der Waals surface area contributed by atoms with Crippen molar-refractivity contribution in [2.45, 2.75) is 45.6 Å². The molecule has 1 aromatic carbocycles. The van der Waals surface area contributed by atoms with Crippen molar-refractivity contribution >= 4 is 34.2 Å². The second kappa shape index (κ2) is 7.39. The van der Waals surface area contributed by atoms with E-state index in [9.17, 15) is 14.4 Å². The first-order valence-corrected chi connectivity index (χ1v) is 10.2. The minimum Gasteiger partial charge on any atom is -0.462 e. The average Bonchev–Trinajstić information content (AvgIpc) is 3.22. The highest BCUT2D eigenvalue weighted by molar-refractivity contribution is 7.17. The third-order valence-corrected chi connectivity index (χ3v) is 6.28. The number of amides is 1. The zero-order valence-corrected chi connectivity index (χ0v) is 16.6. The Hall–Kier alpha value is -2.67. The third kappa shape index (κ3) is 3.30. The number of rotatable bonds is 4. The number of nitrogens with one attached hydrogen (secondary N) is 1. The number of thiophene rings is 1. The molecule has 2 heterocycles. The number of carbonyl (C=O) groups excluding carboxylic acids is 3. The molecular weight excluding hydrogens is 378 g/mol. The molecule has 1 aliphatic carbocycles. The van der Waals surface area contributed by atoms with Gasteiger partial charge in [0.15, 0.2) is 6.10 Å². The lowest BCUT2D eigenvalue weighted by atomic mass is 9.96. The number of hydrogen-bond acceptors (Lipinski definition) is 6. The molecule has 28 heavy (non-hydrogen) atoms. The topological polar surface area (TPSA) is 81.7 Å². The van der Waals surface area contributed by atoms with Crippen LogP contribution in [0.3, 0.4) is 0 Å². The summed E-state index contributed by atoms with van der Waals surface area (Å²) in [5.74, 6) is -1.34. The first-order chi connectivity index (χ1) is 13.5. The first-order valence-electron chi connectivity index (χ1n) is 9.41. The number of aryl methyl sites for hydroxylation is 2. The average molecular weight is 399 g/mol. The van der Waals surface area contributed by atoms with Crippen LogP contribution in [0.15, 0.2) is 18.2 Å². The van der Waals surface area contributed by atoms with Gasteiger partial charge in [-0.3, -0.25) is 4.79 Å². The maximum Gasteiger partial charge on any atom is 0.341 e. The van der Waals surface area contributed by atoms with Crippen LogP contribution in [0.5, 0.6) is 0 Å². The molecule has 1 amide bonds. The molecule has 0 bridgehead atoms. The highest BCUT2D eigenvalue weighted by Gasteiger charge is 2.34. The van der Waals surface area contributed by atoms with Gasteiger partial charge >= 0.3 is 11.9 Å². The lowest BCUT2D eigenvalue weighted by molar-refractivity contribution is -0.125. The Balaban J connectivity index is 1.57. The lowest BCUT2D eigenvalue weighted by Gasteiger charge is -2.24. The van der Waals surface area contributed by atoms with Gasteiger partial charge in [0.25, 0.3) is 5.91 Å². The molecule has 0 spiro atoms. The molecule has 1 atom stereocenters. The molecule has 0 radical (unpaired) electrons. The molecule has 146 valence electrons. The predicted molar refractivity (Wildman–Crippen MR) is 105 cm³/mol. The van der Waals surface area contributed by atoms with Crippen molar-refractivity contribution < 1.29 is 23.9 Å². The molecule has 1 N–H and O–H groups in total. The number of esters is 2. The molecule has 6 nitrogen and oxygen atoms in total. The summed E-state index contributed by atoms with van der Waals surface area (Å²) in [4.78, 5) is 38.7. The van der Waals surface area contributed by atoms with Crippen molar-refractivity contribution in [1.82, 2.24) is 0 Å². The SMILES string of the molecule is CCOC(=O)c1c(NC(=O)C2Cc3ccc(C)cc3C(=O)O2)sc2c1CCC2. The lowest BCUT2D eigenvalue weighted by Crippen LogP contribution is -2.38. The number of anilines is 1. The van der Waals surface area contributed by atoms with E-state index < -0.39 is 23.9 Å². The predicted octanol–water partition coefficient (Wildman–Crippen LogP) is 3.44. The summed E-state index contributed by atoms with van der Waals surface area (Å²) >= 11 is 1.41. The van der Waals surface area contributed by atoms with E-state index in [0.29, 0.717) is 22.5 Å². The zero-order valence-electron chi connectivity index (χ0n) is 15.8. The maximum absolute atomic E-state index is 12.8. The fraction of sp³-hybridized carbons (Fsp3) is 0.381. The molecule has 2 aliphatic rings. The fourth-order valence-electron chi connectivity index (χ4n) is 3.74.